The Hall–Kier alpha value is -1.17. The number of carbonyl (C=O) groups is 1. The SMILES string of the molecule is C=CCOC[C@@H]1CNC(=O)[C@H]2CCN(Cc3cccs3)CC[C@@H]12. The summed E-state index contributed by atoms with van der Waals surface area (Å²) in [5.41, 5.74) is 0. The minimum absolute atomic E-state index is 0.148. The third-order valence-corrected chi connectivity index (χ3v) is 5.92. The van der Waals surface area contributed by atoms with E-state index in [2.05, 4.69) is 34.3 Å². The van der Waals surface area contributed by atoms with Crippen molar-refractivity contribution in [2.45, 2.75) is 19.4 Å². The maximum Gasteiger partial charge on any atom is 0.223 e. The quantitative estimate of drug-likeness (QED) is 0.642. The summed E-state index contributed by atoms with van der Waals surface area (Å²) < 4.78 is 5.68. The second-order valence-electron chi connectivity index (χ2n) is 6.53. The van der Waals surface area contributed by atoms with E-state index in [0.29, 0.717) is 18.4 Å². The Kier molecular flexibility index (Phi) is 5.86. The zero-order chi connectivity index (χ0) is 16.1. The molecule has 0 spiro atoms. The van der Waals surface area contributed by atoms with Gasteiger partial charge >= 0.3 is 0 Å². The molecule has 0 saturated carbocycles. The average Bonchev–Trinajstić information content (AvgIpc) is 2.96. The lowest BCUT2D eigenvalue weighted by Gasteiger charge is -2.36. The third kappa shape index (κ3) is 4.22. The lowest BCUT2D eigenvalue weighted by Crippen LogP contribution is -2.49. The van der Waals surface area contributed by atoms with E-state index >= 15 is 0 Å². The molecule has 1 amide bonds. The van der Waals surface area contributed by atoms with Crippen molar-refractivity contribution in [3.05, 3.63) is 35.0 Å². The first-order chi connectivity index (χ1) is 11.3. The molecular formula is C18H26N2O2S. The second kappa shape index (κ2) is 8.08. The fraction of sp³-hybridized carbons (Fsp3) is 0.611. The van der Waals surface area contributed by atoms with Gasteiger partial charge in [-0.1, -0.05) is 12.1 Å². The summed E-state index contributed by atoms with van der Waals surface area (Å²) in [5.74, 6) is 1.27. The Morgan fingerprint density at radius 2 is 2.30 bits per heavy atom. The van der Waals surface area contributed by atoms with E-state index in [1.54, 1.807) is 6.08 Å². The van der Waals surface area contributed by atoms with Crippen LogP contribution >= 0.6 is 11.3 Å². The largest absolute Gasteiger partial charge is 0.377 e. The van der Waals surface area contributed by atoms with Gasteiger partial charge in [-0.15, -0.1) is 17.9 Å². The summed E-state index contributed by atoms with van der Waals surface area (Å²) >= 11 is 1.81. The van der Waals surface area contributed by atoms with Gasteiger partial charge in [0.1, 0.15) is 0 Å². The molecule has 0 bridgehead atoms. The van der Waals surface area contributed by atoms with Crippen molar-refractivity contribution < 1.29 is 9.53 Å². The minimum Gasteiger partial charge on any atom is -0.377 e. The van der Waals surface area contributed by atoms with Gasteiger partial charge in [0.15, 0.2) is 0 Å². The number of ether oxygens (including phenoxy) is 1. The van der Waals surface area contributed by atoms with Crippen LogP contribution in [-0.4, -0.2) is 43.7 Å². The fourth-order valence-electron chi connectivity index (χ4n) is 3.85. The summed E-state index contributed by atoms with van der Waals surface area (Å²) in [6.45, 7) is 8.85. The van der Waals surface area contributed by atoms with Crippen LogP contribution in [0.1, 0.15) is 17.7 Å². The van der Waals surface area contributed by atoms with Crippen LogP contribution in [-0.2, 0) is 16.1 Å². The molecule has 3 atom stereocenters. The number of carbonyl (C=O) groups excluding carboxylic acids is 1. The lowest BCUT2D eigenvalue weighted by molar-refractivity contribution is -0.131. The Morgan fingerprint density at radius 3 is 3.09 bits per heavy atom. The molecule has 2 fully saturated rings. The minimum atomic E-state index is 0.148. The molecule has 0 unspecified atom stereocenters. The number of fused-ring (bicyclic) bond motifs is 1. The Balaban J connectivity index is 1.61. The standard InChI is InChI=1S/C18H26N2O2S/c1-2-9-22-13-14-11-19-18(21)17-6-8-20(7-5-16(14)17)12-15-4-3-10-23-15/h2-4,10,14,16-17H,1,5-9,11-13H2,(H,19,21)/t14-,16-,17-/m0/s1. The van der Waals surface area contributed by atoms with Crippen molar-refractivity contribution in [2.24, 2.45) is 17.8 Å². The molecule has 2 aliphatic rings. The molecule has 23 heavy (non-hydrogen) atoms. The zero-order valence-corrected chi connectivity index (χ0v) is 14.4. The van der Waals surface area contributed by atoms with Crippen molar-refractivity contribution >= 4 is 17.2 Å². The van der Waals surface area contributed by atoms with Crippen molar-refractivity contribution in [1.29, 1.82) is 0 Å². The molecule has 1 N–H and O–H groups in total. The second-order valence-corrected chi connectivity index (χ2v) is 7.57. The normalized spacial score (nSPS) is 28.7. The third-order valence-electron chi connectivity index (χ3n) is 5.06. The van der Waals surface area contributed by atoms with E-state index in [0.717, 1.165) is 45.6 Å². The van der Waals surface area contributed by atoms with Gasteiger partial charge < -0.3 is 10.1 Å². The van der Waals surface area contributed by atoms with E-state index in [4.69, 9.17) is 4.74 Å². The molecule has 1 aromatic rings. The lowest BCUT2D eigenvalue weighted by atomic mass is 9.75. The molecule has 0 aromatic carbocycles. The summed E-state index contributed by atoms with van der Waals surface area (Å²) in [4.78, 5) is 16.2. The number of amides is 1. The molecule has 126 valence electrons. The summed E-state index contributed by atoms with van der Waals surface area (Å²) in [6.07, 6.45) is 3.83. The molecule has 2 aliphatic heterocycles. The molecule has 0 aliphatic carbocycles. The molecule has 2 saturated heterocycles. The number of nitrogens with one attached hydrogen (secondary N) is 1. The first-order valence-electron chi connectivity index (χ1n) is 8.49. The van der Waals surface area contributed by atoms with Crippen LogP contribution in [0.15, 0.2) is 30.2 Å². The van der Waals surface area contributed by atoms with Crippen molar-refractivity contribution in [3.63, 3.8) is 0 Å². The summed E-state index contributed by atoms with van der Waals surface area (Å²) in [5, 5.41) is 5.22. The van der Waals surface area contributed by atoms with Crippen LogP contribution < -0.4 is 5.32 Å². The Labute approximate surface area is 142 Å². The maximum absolute atomic E-state index is 12.3. The van der Waals surface area contributed by atoms with Gasteiger partial charge in [0.25, 0.3) is 0 Å². The number of rotatable bonds is 6. The van der Waals surface area contributed by atoms with Gasteiger partial charge in [-0.3, -0.25) is 9.69 Å². The number of thiophene rings is 1. The van der Waals surface area contributed by atoms with Gasteiger partial charge in [0.05, 0.1) is 13.2 Å². The van der Waals surface area contributed by atoms with E-state index in [-0.39, 0.29) is 11.8 Å². The van der Waals surface area contributed by atoms with Crippen LogP contribution in [0.2, 0.25) is 0 Å². The number of nitrogens with zero attached hydrogens (tertiary/aromatic N) is 1. The van der Waals surface area contributed by atoms with Gasteiger partial charge in [-0.2, -0.15) is 0 Å². The number of piperidine rings is 1. The monoisotopic (exact) mass is 334 g/mol. The molecule has 4 nitrogen and oxygen atoms in total. The van der Waals surface area contributed by atoms with Crippen LogP contribution in [0.3, 0.4) is 0 Å². The smallest absolute Gasteiger partial charge is 0.223 e. The first-order valence-corrected chi connectivity index (χ1v) is 9.37. The van der Waals surface area contributed by atoms with E-state index < -0.39 is 0 Å². The molecule has 3 heterocycles. The van der Waals surface area contributed by atoms with Gasteiger partial charge in [0, 0.05) is 29.8 Å². The summed E-state index contributed by atoms with van der Waals surface area (Å²) in [7, 11) is 0. The van der Waals surface area contributed by atoms with Gasteiger partial charge in [-0.25, -0.2) is 0 Å². The van der Waals surface area contributed by atoms with Crippen molar-refractivity contribution in [2.75, 3.05) is 32.8 Å². The van der Waals surface area contributed by atoms with E-state index in [1.807, 2.05) is 11.3 Å². The van der Waals surface area contributed by atoms with Crippen LogP contribution in [0.5, 0.6) is 0 Å². The van der Waals surface area contributed by atoms with Gasteiger partial charge in [-0.05, 0) is 43.3 Å². The van der Waals surface area contributed by atoms with Crippen LogP contribution in [0.25, 0.3) is 0 Å². The predicted molar refractivity (Wildman–Crippen MR) is 93.3 cm³/mol. The summed E-state index contributed by atoms with van der Waals surface area (Å²) in [6, 6.07) is 4.30. The highest BCUT2D eigenvalue weighted by atomic mass is 32.1. The number of likely N-dealkylation sites (tertiary alicyclic amines) is 1. The topological polar surface area (TPSA) is 41.6 Å². The molecule has 0 radical (unpaired) electrons. The van der Waals surface area contributed by atoms with Crippen molar-refractivity contribution in [1.82, 2.24) is 10.2 Å². The van der Waals surface area contributed by atoms with Crippen LogP contribution in [0.4, 0.5) is 0 Å². The number of hydrogen-bond acceptors (Lipinski definition) is 4. The van der Waals surface area contributed by atoms with E-state index in [1.165, 1.54) is 4.88 Å². The zero-order valence-electron chi connectivity index (χ0n) is 13.6. The van der Waals surface area contributed by atoms with Gasteiger partial charge in [0.2, 0.25) is 5.91 Å². The number of hydrogen-bond donors (Lipinski definition) is 1. The predicted octanol–water partition coefficient (Wildman–Crippen LogP) is 2.52. The molecule has 1 aromatic heterocycles. The van der Waals surface area contributed by atoms with Crippen LogP contribution in [0, 0.1) is 17.8 Å². The molecule has 5 heteroatoms. The first kappa shape index (κ1) is 16.7. The molecular weight excluding hydrogens is 308 g/mol. The maximum atomic E-state index is 12.3. The highest BCUT2D eigenvalue weighted by Gasteiger charge is 2.40. The van der Waals surface area contributed by atoms with E-state index in [9.17, 15) is 4.79 Å². The highest BCUT2D eigenvalue weighted by molar-refractivity contribution is 7.09. The fourth-order valence-corrected chi connectivity index (χ4v) is 4.60. The Morgan fingerprint density at radius 1 is 1.43 bits per heavy atom. The average molecular weight is 334 g/mol. The van der Waals surface area contributed by atoms with Crippen molar-refractivity contribution in [3.8, 4) is 0 Å². The Bertz CT molecular complexity index is 517. The molecule has 3 rings (SSSR count). The highest BCUT2D eigenvalue weighted by Crippen LogP contribution is 2.34.